The van der Waals surface area contributed by atoms with Crippen LogP contribution in [0.1, 0.15) is 68.8 Å². The van der Waals surface area contributed by atoms with Crippen molar-refractivity contribution in [1.82, 2.24) is 19.4 Å². The molecule has 0 bridgehead atoms. The summed E-state index contributed by atoms with van der Waals surface area (Å²) in [7, 11) is 0. The van der Waals surface area contributed by atoms with Crippen molar-refractivity contribution >= 4 is 5.91 Å². The van der Waals surface area contributed by atoms with Gasteiger partial charge in [0.25, 0.3) is 0 Å². The lowest BCUT2D eigenvalue weighted by Crippen LogP contribution is -2.43. The Hall–Kier alpha value is -1.62. The standard InChI is InChI=1S/C20H28N4O/c25-20(24(17-8-9-17)16-4-2-1-3-5-16)13-22-11-10-19-18(12-22)21-14-23(19)15-6-7-15/h4,14-15,17H,1-3,5-13H2. The molecule has 5 nitrogen and oxygen atoms in total. The first-order valence-corrected chi connectivity index (χ1v) is 10.1. The normalized spacial score (nSPS) is 23.9. The minimum absolute atomic E-state index is 0.306. The summed E-state index contributed by atoms with van der Waals surface area (Å²) in [6.45, 7) is 2.36. The van der Waals surface area contributed by atoms with E-state index in [0.29, 0.717) is 24.5 Å². The van der Waals surface area contributed by atoms with Crippen LogP contribution >= 0.6 is 0 Å². The second-order valence-corrected chi connectivity index (χ2v) is 8.17. The monoisotopic (exact) mass is 340 g/mol. The maximum Gasteiger partial charge on any atom is 0.241 e. The summed E-state index contributed by atoms with van der Waals surface area (Å²) in [6.07, 6.45) is 15.1. The Balaban J connectivity index is 1.26. The molecule has 0 aromatic carbocycles. The molecular formula is C20H28N4O. The molecule has 0 atom stereocenters. The summed E-state index contributed by atoms with van der Waals surface area (Å²) in [4.78, 5) is 22.1. The predicted octanol–water partition coefficient (Wildman–Crippen LogP) is 3.03. The molecule has 1 aromatic rings. The summed E-state index contributed by atoms with van der Waals surface area (Å²) in [5.74, 6) is 0.306. The SMILES string of the molecule is O=C(CN1CCc2c(ncn2C2CC2)C1)N(C1=CCCCC1)C1CC1. The second-order valence-electron chi connectivity index (χ2n) is 8.17. The van der Waals surface area contributed by atoms with Crippen LogP contribution in [0.2, 0.25) is 0 Å². The molecule has 0 unspecified atom stereocenters. The number of rotatable bonds is 5. The van der Waals surface area contributed by atoms with E-state index in [2.05, 4.69) is 25.4 Å². The third kappa shape index (κ3) is 3.14. The largest absolute Gasteiger partial charge is 0.331 e. The van der Waals surface area contributed by atoms with Crippen molar-refractivity contribution < 1.29 is 4.79 Å². The number of hydrogen-bond donors (Lipinski definition) is 0. The highest BCUT2D eigenvalue weighted by Gasteiger charge is 2.36. The van der Waals surface area contributed by atoms with E-state index < -0.39 is 0 Å². The van der Waals surface area contributed by atoms with Crippen LogP contribution in [-0.4, -0.2) is 44.4 Å². The van der Waals surface area contributed by atoms with E-state index in [1.807, 2.05) is 6.33 Å². The van der Waals surface area contributed by atoms with Crippen LogP contribution in [0.3, 0.4) is 0 Å². The summed E-state index contributed by atoms with van der Waals surface area (Å²) in [5.41, 5.74) is 3.91. The zero-order valence-corrected chi connectivity index (χ0v) is 15.0. The minimum Gasteiger partial charge on any atom is -0.331 e. The van der Waals surface area contributed by atoms with E-state index in [1.54, 1.807) is 0 Å². The first-order chi connectivity index (χ1) is 12.3. The molecule has 3 aliphatic carbocycles. The van der Waals surface area contributed by atoms with Gasteiger partial charge in [-0.05, 0) is 51.4 Å². The van der Waals surface area contributed by atoms with Gasteiger partial charge in [0.1, 0.15) is 0 Å². The summed E-state index contributed by atoms with van der Waals surface area (Å²) in [6, 6.07) is 1.18. The van der Waals surface area contributed by atoms with E-state index in [1.165, 1.54) is 55.6 Å². The number of carbonyl (C=O) groups excluding carboxylic acids is 1. The molecule has 5 heteroatoms. The van der Waals surface area contributed by atoms with Crippen molar-refractivity contribution in [2.24, 2.45) is 0 Å². The Kier molecular flexibility index (Phi) is 3.92. The second kappa shape index (κ2) is 6.27. The topological polar surface area (TPSA) is 41.4 Å². The van der Waals surface area contributed by atoms with Crippen molar-refractivity contribution in [3.05, 3.63) is 29.5 Å². The van der Waals surface area contributed by atoms with Gasteiger partial charge in [-0.15, -0.1) is 0 Å². The third-order valence-electron chi connectivity index (χ3n) is 6.08. The molecule has 0 saturated heterocycles. The number of nitrogens with zero attached hydrogens (tertiary/aromatic N) is 4. The molecule has 1 aliphatic heterocycles. The average Bonchev–Trinajstić information content (AvgIpc) is 3.55. The molecule has 25 heavy (non-hydrogen) atoms. The van der Waals surface area contributed by atoms with Gasteiger partial charge in [-0.1, -0.05) is 6.08 Å². The molecular weight excluding hydrogens is 312 g/mol. The van der Waals surface area contributed by atoms with Crippen LogP contribution in [0.15, 0.2) is 18.1 Å². The van der Waals surface area contributed by atoms with Crippen molar-refractivity contribution in [3.63, 3.8) is 0 Å². The fraction of sp³-hybridized carbons (Fsp3) is 0.700. The molecule has 134 valence electrons. The Labute approximate surface area is 149 Å². The van der Waals surface area contributed by atoms with E-state index in [4.69, 9.17) is 0 Å². The lowest BCUT2D eigenvalue weighted by atomic mass is 10.0. The Morgan fingerprint density at radius 3 is 2.80 bits per heavy atom. The first kappa shape index (κ1) is 15.6. The summed E-state index contributed by atoms with van der Waals surface area (Å²) in [5, 5.41) is 0. The third-order valence-corrected chi connectivity index (χ3v) is 6.08. The molecule has 2 heterocycles. The zero-order chi connectivity index (χ0) is 16.8. The van der Waals surface area contributed by atoms with Crippen molar-refractivity contribution in [2.45, 2.75) is 76.4 Å². The number of allylic oxidation sites excluding steroid dienone is 2. The number of fused-ring (bicyclic) bond motifs is 1. The van der Waals surface area contributed by atoms with Gasteiger partial charge in [0, 0.05) is 43.0 Å². The van der Waals surface area contributed by atoms with Crippen molar-refractivity contribution in [1.29, 1.82) is 0 Å². The van der Waals surface area contributed by atoms with Crippen LogP contribution in [0, 0.1) is 0 Å². The van der Waals surface area contributed by atoms with Gasteiger partial charge in [-0.2, -0.15) is 0 Å². The number of carbonyl (C=O) groups is 1. The van der Waals surface area contributed by atoms with Crippen molar-refractivity contribution in [3.8, 4) is 0 Å². The lowest BCUT2D eigenvalue weighted by Gasteiger charge is -2.32. The quantitative estimate of drug-likeness (QED) is 0.827. The number of amides is 1. The van der Waals surface area contributed by atoms with Crippen molar-refractivity contribution in [2.75, 3.05) is 13.1 Å². The van der Waals surface area contributed by atoms with E-state index in [0.717, 1.165) is 32.4 Å². The molecule has 2 saturated carbocycles. The molecule has 2 fully saturated rings. The van der Waals surface area contributed by atoms with Crippen LogP contribution in [0.4, 0.5) is 0 Å². The molecule has 4 aliphatic rings. The van der Waals surface area contributed by atoms with Crippen LogP contribution in [-0.2, 0) is 17.8 Å². The Bertz CT molecular complexity index is 699. The highest BCUT2D eigenvalue weighted by atomic mass is 16.2. The molecule has 0 N–H and O–H groups in total. The molecule has 0 radical (unpaired) electrons. The van der Waals surface area contributed by atoms with Crippen LogP contribution in [0.25, 0.3) is 0 Å². The number of hydrogen-bond acceptors (Lipinski definition) is 3. The van der Waals surface area contributed by atoms with Gasteiger partial charge >= 0.3 is 0 Å². The molecule has 0 spiro atoms. The fourth-order valence-corrected chi connectivity index (χ4v) is 4.43. The summed E-state index contributed by atoms with van der Waals surface area (Å²) >= 11 is 0. The van der Waals surface area contributed by atoms with E-state index >= 15 is 0 Å². The van der Waals surface area contributed by atoms with E-state index in [-0.39, 0.29) is 0 Å². The predicted molar refractivity (Wildman–Crippen MR) is 95.9 cm³/mol. The highest BCUT2D eigenvalue weighted by molar-refractivity contribution is 5.81. The maximum absolute atomic E-state index is 13.0. The Morgan fingerprint density at radius 2 is 2.08 bits per heavy atom. The van der Waals surface area contributed by atoms with Gasteiger partial charge in [0.05, 0.1) is 18.6 Å². The van der Waals surface area contributed by atoms with Gasteiger partial charge in [-0.3, -0.25) is 9.69 Å². The zero-order valence-electron chi connectivity index (χ0n) is 15.0. The van der Waals surface area contributed by atoms with Gasteiger partial charge < -0.3 is 9.47 Å². The van der Waals surface area contributed by atoms with E-state index in [9.17, 15) is 4.79 Å². The van der Waals surface area contributed by atoms with Gasteiger partial charge in [0.2, 0.25) is 5.91 Å². The van der Waals surface area contributed by atoms with Crippen LogP contribution in [0.5, 0.6) is 0 Å². The number of aromatic nitrogens is 2. The minimum atomic E-state index is 0.306. The van der Waals surface area contributed by atoms with Gasteiger partial charge in [0.15, 0.2) is 0 Å². The molecule has 5 rings (SSSR count). The maximum atomic E-state index is 13.0. The Morgan fingerprint density at radius 1 is 1.20 bits per heavy atom. The number of imidazole rings is 1. The average molecular weight is 340 g/mol. The van der Waals surface area contributed by atoms with Crippen LogP contribution < -0.4 is 0 Å². The smallest absolute Gasteiger partial charge is 0.241 e. The molecule has 1 aromatic heterocycles. The lowest BCUT2D eigenvalue weighted by molar-refractivity contribution is -0.131. The first-order valence-electron chi connectivity index (χ1n) is 10.1. The fourth-order valence-electron chi connectivity index (χ4n) is 4.43. The molecule has 1 amide bonds. The highest BCUT2D eigenvalue weighted by Crippen LogP contribution is 2.37. The summed E-state index contributed by atoms with van der Waals surface area (Å²) < 4.78 is 2.39. The van der Waals surface area contributed by atoms with Gasteiger partial charge in [-0.25, -0.2) is 4.98 Å².